The van der Waals surface area contributed by atoms with Gasteiger partial charge in [-0.2, -0.15) is 4.31 Å². The van der Waals surface area contributed by atoms with Gasteiger partial charge in [-0.1, -0.05) is 13.0 Å². The number of rotatable bonds is 7. The van der Waals surface area contributed by atoms with Gasteiger partial charge in [0.2, 0.25) is 10.0 Å². The first-order valence-corrected chi connectivity index (χ1v) is 9.31. The predicted octanol–water partition coefficient (Wildman–Crippen LogP) is 2.42. The lowest BCUT2D eigenvalue weighted by atomic mass is 10.1. The van der Waals surface area contributed by atoms with Crippen molar-refractivity contribution < 1.29 is 8.42 Å². The molecular formula is C16H24N2O2S. The topological polar surface area (TPSA) is 49.4 Å². The van der Waals surface area contributed by atoms with Crippen molar-refractivity contribution in [2.45, 2.75) is 63.1 Å². The smallest absolute Gasteiger partial charge is 0.243 e. The fourth-order valence-corrected chi connectivity index (χ4v) is 4.41. The highest BCUT2D eigenvalue weighted by Gasteiger charge is 2.37. The van der Waals surface area contributed by atoms with E-state index in [-0.39, 0.29) is 6.04 Å². The van der Waals surface area contributed by atoms with Crippen LogP contribution in [-0.4, -0.2) is 31.4 Å². The average Bonchev–Trinajstić information content (AvgIpc) is 3.32. The zero-order valence-corrected chi connectivity index (χ0v) is 13.6. The molecule has 5 heteroatoms. The van der Waals surface area contributed by atoms with Crippen LogP contribution in [-0.2, 0) is 16.6 Å². The maximum Gasteiger partial charge on any atom is 0.243 e. The first kappa shape index (κ1) is 15.0. The van der Waals surface area contributed by atoms with Crippen LogP contribution in [0.5, 0.6) is 0 Å². The normalized spacial score (nSPS) is 19.2. The minimum Gasteiger partial charge on any atom is -0.310 e. The predicted molar refractivity (Wildman–Crippen MR) is 83.6 cm³/mol. The highest BCUT2D eigenvalue weighted by atomic mass is 32.2. The number of aryl methyl sites for hydroxylation is 1. The van der Waals surface area contributed by atoms with Gasteiger partial charge in [-0.15, -0.1) is 0 Å². The molecule has 1 aromatic rings. The molecule has 0 heterocycles. The second-order valence-electron chi connectivity index (χ2n) is 6.18. The highest BCUT2D eigenvalue weighted by molar-refractivity contribution is 7.89. The number of nitrogens with one attached hydrogen (secondary N) is 1. The van der Waals surface area contributed by atoms with Gasteiger partial charge in [0, 0.05) is 25.2 Å². The van der Waals surface area contributed by atoms with Gasteiger partial charge in [-0.05, 0) is 55.9 Å². The van der Waals surface area contributed by atoms with Crippen LogP contribution in [0.2, 0.25) is 0 Å². The number of hydrogen-bond acceptors (Lipinski definition) is 3. The molecule has 4 nitrogen and oxygen atoms in total. The number of hydrogen-bond donors (Lipinski definition) is 1. The molecule has 0 saturated heterocycles. The Morgan fingerprint density at radius 3 is 2.52 bits per heavy atom. The standard InChI is InChI=1S/C16H24N2O2S/c1-3-18(15-7-8-15)21(19,20)16-9-4-12(2)13(10-16)11-17-14-5-6-14/h4,9-10,14-15,17H,3,5-8,11H2,1-2H3. The Hall–Kier alpha value is -0.910. The summed E-state index contributed by atoms with van der Waals surface area (Å²) in [6.45, 7) is 5.27. The van der Waals surface area contributed by atoms with Crippen LogP contribution in [0.15, 0.2) is 23.1 Å². The summed E-state index contributed by atoms with van der Waals surface area (Å²) in [6, 6.07) is 6.37. The Labute approximate surface area is 127 Å². The minimum atomic E-state index is -3.34. The van der Waals surface area contributed by atoms with Crippen molar-refractivity contribution in [3.63, 3.8) is 0 Å². The van der Waals surface area contributed by atoms with E-state index < -0.39 is 10.0 Å². The molecule has 3 rings (SSSR count). The first-order chi connectivity index (χ1) is 10.0. The fraction of sp³-hybridized carbons (Fsp3) is 0.625. The largest absolute Gasteiger partial charge is 0.310 e. The van der Waals surface area contributed by atoms with E-state index in [1.807, 2.05) is 26.0 Å². The van der Waals surface area contributed by atoms with Crippen molar-refractivity contribution >= 4 is 10.0 Å². The third-order valence-corrected chi connectivity index (χ3v) is 6.37. The van der Waals surface area contributed by atoms with E-state index in [0.29, 0.717) is 17.5 Å². The highest BCUT2D eigenvalue weighted by Crippen LogP contribution is 2.32. The van der Waals surface area contributed by atoms with Crippen LogP contribution >= 0.6 is 0 Å². The SMILES string of the molecule is CCN(C1CC1)S(=O)(=O)c1ccc(C)c(CNC2CC2)c1. The third-order valence-electron chi connectivity index (χ3n) is 4.35. The molecule has 0 atom stereocenters. The zero-order valence-electron chi connectivity index (χ0n) is 12.8. The van der Waals surface area contributed by atoms with E-state index in [4.69, 9.17) is 0 Å². The molecule has 2 fully saturated rings. The van der Waals surface area contributed by atoms with Crippen molar-refractivity contribution in [2.24, 2.45) is 0 Å². The van der Waals surface area contributed by atoms with E-state index in [9.17, 15) is 8.42 Å². The summed E-state index contributed by atoms with van der Waals surface area (Å²) in [7, 11) is -3.34. The maximum atomic E-state index is 12.8. The summed E-state index contributed by atoms with van der Waals surface area (Å²) in [6.07, 6.45) is 4.47. The second-order valence-corrected chi connectivity index (χ2v) is 8.07. The molecule has 0 amide bonds. The van der Waals surface area contributed by atoms with Crippen molar-refractivity contribution in [2.75, 3.05) is 6.54 Å². The van der Waals surface area contributed by atoms with Gasteiger partial charge in [0.15, 0.2) is 0 Å². The molecule has 2 aliphatic carbocycles. The monoisotopic (exact) mass is 308 g/mol. The summed E-state index contributed by atoms with van der Waals surface area (Å²) in [5.41, 5.74) is 2.24. The summed E-state index contributed by atoms with van der Waals surface area (Å²) < 4.78 is 27.2. The van der Waals surface area contributed by atoms with Gasteiger partial charge in [-0.25, -0.2) is 8.42 Å². The maximum absolute atomic E-state index is 12.8. The lowest BCUT2D eigenvalue weighted by Crippen LogP contribution is -2.33. The van der Waals surface area contributed by atoms with Crippen molar-refractivity contribution in [1.29, 1.82) is 0 Å². The van der Waals surface area contributed by atoms with E-state index in [1.165, 1.54) is 12.8 Å². The summed E-state index contributed by atoms with van der Waals surface area (Å²) in [5, 5.41) is 3.46. The Morgan fingerprint density at radius 2 is 1.95 bits per heavy atom. The third kappa shape index (κ3) is 3.30. The number of benzene rings is 1. The zero-order chi connectivity index (χ0) is 15.0. The Bertz CT molecular complexity index is 619. The van der Waals surface area contributed by atoms with E-state index in [2.05, 4.69) is 5.32 Å². The molecule has 21 heavy (non-hydrogen) atoms. The summed E-state index contributed by atoms with van der Waals surface area (Å²) in [4.78, 5) is 0.439. The van der Waals surface area contributed by atoms with Gasteiger partial charge in [0.1, 0.15) is 0 Å². The number of nitrogens with zero attached hydrogens (tertiary/aromatic N) is 1. The van der Waals surface area contributed by atoms with Gasteiger partial charge < -0.3 is 5.32 Å². The van der Waals surface area contributed by atoms with E-state index >= 15 is 0 Å². The van der Waals surface area contributed by atoms with Crippen molar-refractivity contribution in [3.8, 4) is 0 Å². The minimum absolute atomic E-state index is 0.217. The molecule has 1 N–H and O–H groups in total. The quantitative estimate of drug-likeness (QED) is 0.841. The van der Waals surface area contributed by atoms with Crippen molar-refractivity contribution in [1.82, 2.24) is 9.62 Å². The summed E-state index contributed by atoms with van der Waals surface area (Å²) in [5.74, 6) is 0. The molecule has 0 bridgehead atoms. The van der Waals surface area contributed by atoms with Gasteiger partial charge in [0.25, 0.3) is 0 Å². The van der Waals surface area contributed by atoms with Crippen LogP contribution in [0.1, 0.15) is 43.7 Å². The van der Waals surface area contributed by atoms with Crippen LogP contribution in [0, 0.1) is 6.92 Å². The molecule has 0 aromatic heterocycles. The molecule has 116 valence electrons. The fourth-order valence-electron chi connectivity index (χ4n) is 2.66. The van der Waals surface area contributed by atoms with Gasteiger partial charge >= 0.3 is 0 Å². The van der Waals surface area contributed by atoms with Gasteiger partial charge in [0.05, 0.1) is 4.90 Å². The summed E-state index contributed by atoms with van der Waals surface area (Å²) >= 11 is 0. The number of sulfonamides is 1. The van der Waals surface area contributed by atoms with E-state index in [1.54, 1.807) is 10.4 Å². The molecule has 2 aliphatic rings. The lowest BCUT2D eigenvalue weighted by Gasteiger charge is -2.20. The van der Waals surface area contributed by atoms with Gasteiger partial charge in [-0.3, -0.25) is 0 Å². The Balaban J connectivity index is 1.84. The molecule has 0 radical (unpaired) electrons. The first-order valence-electron chi connectivity index (χ1n) is 7.87. The van der Waals surface area contributed by atoms with Crippen LogP contribution in [0.3, 0.4) is 0 Å². The van der Waals surface area contributed by atoms with E-state index in [0.717, 1.165) is 30.5 Å². The van der Waals surface area contributed by atoms with Crippen molar-refractivity contribution in [3.05, 3.63) is 29.3 Å². The van der Waals surface area contributed by atoms with Crippen LogP contribution < -0.4 is 5.32 Å². The lowest BCUT2D eigenvalue weighted by molar-refractivity contribution is 0.421. The molecule has 0 unspecified atom stereocenters. The molecule has 0 spiro atoms. The van der Waals surface area contributed by atoms with Crippen LogP contribution in [0.4, 0.5) is 0 Å². The average molecular weight is 308 g/mol. The molecular weight excluding hydrogens is 284 g/mol. The Morgan fingerprint density at radius 1 is 1.24 bits per heavy atom. The second kappa shape index (κ2) is 5.71. The molecule has 1 aromatic carbocycles. The Kier molecular flexibility index (Phi) is 4.08. The molecule has 2 saturated carbocycles. The molecule has 0 aliphatic heterocycles. The van der Waals surface area contributed by atoms with Crippen LogP contribution in [0.25, 0.3) is 0 Å².